The number of methoxy groups -OCH3 is 1. The fourth-order valence-electron chi connectivity index (χ4n) is 1.40. The largest absolute Gasteiger partial charge is 0.493 e. The maximum absolute atomic E-state index is 10.2. The van der Waals surface area contributed by atoms with Crippen LogP contribution in [0, 0.1) is 0 Å². The quantitative estimate of drug-likeness (QED) is 0.611. The van der Waals surface area contributed by atoms with Crippen molar-refractivity contribution in [2.45, 2.75) is 0 Å². The van der Waals surface area contributed by atoms with Crippen molar-refractivity contribution < 1.29 is 14.3 Å². The molecule has 2 aromatic rings. The highest BCUT2D eigenvalue weighted by Gasteiger charge is 2.06. The van der Waals surface area contributed by atoms with Crippen molar-refractivity contribution in [1.29, 1.82) is 0 Å². The van der Waals surface area contributed by atoms with Gasteiger partial charge >= 0.3 is 0 Å². The number of pyridine rings is 1. The van der Waals surface area contributed by atoms with Crippen molar-refractivity contribution in [1.82, 2.24) is 4.98 Å². The lowest BCUT2D eigenvalue weighted by Crippen LogP contribution is -1.90. The molecule has 90 valence electrons. The van der Waals surface area contributed by atoms with Crippen LogP contribution in [0.3, 0.4) is 0 Å². The van der Waals surface area contributed by atoms with Crippen LogP contribution < -0.4 is 9.47 Å². The van der Waals surface area contributed by atoms with E-state index < -0.39 is 0 Å². The lowest BCUT2D eigenvalue weighted by molar-refractivity contribution is 0.378. The molecule has 0 aliphatic heterocycles. The third-order valence-corrected chi connectivity index (χ3v) is 2.18. The molecule has 2 rings (SSSR count). The molecule has 1 heterocycles. The first-order valence-electron chi connectivity index (χ1n) is 5.17. The minimum absolute atomic E-state index is 0.459. The van der Waals surface area contributed by atoms with Crippen LogP contribution in [-0.4, -0.2) is 18.2 Å². The van der Waals surface area contributed by atoms with Gasteiger partial charge in [-0.1, -0.05) is 0 Å². The van der Waals surface area contributed by atoms with Crippen LogP contribution in [0.2, 0.25) is 0 Å². The lowest BCUT2D eigenvalue weighted by Gasteiger charge is -2.09. The monoisotopic (exact) mass is 242 g/mol. The van der Waals surface area contributed by atoms with E-state index in [0.717, 1.165) is 0 Å². The Morgan fingerprint density at radius 1 is 1.28 bits per heavy atom. The van der Waals surface area contributed by atoms with Crippen molar-refractivity contribution in [2.24, 2.45) is 4.99 Å². The van der Waals surface area contributed by atoms with Gasteiger partial charge in [-0.05, 0) is 24.3 Å². The van der Waals surface area contributed by atoms with Gasteiger partial charge in [-0.2, -0.15) is 4.99 Å². The normalized spacial score (nSPS) is 9.39. The Kier molecular flexibility index (Phi) is 3.69. The maximum atomic E-state index is 10.2. The molecular weight excluding hydrogens is 232 g/mol. The average molecular weight is 242 g/mol. The molecule has 0 radical (unpaired) electrons. The minimum Gasteiger partial charge on any atom is -0.493 e. The maximum Gasteiger partial charge on any atom is 0.240 e. The van der Waals surface area contributed by atoms with Crippen molar-refractivity contribution in [3.8, 4) is 17.2 Å². The van der Waals surface area contributed by atoms with Crippen LogP contribution in [0.25, 0.3) is 0 Å². The van der Waals surface area contributed by atoms with E-state index in [2.05, 4.69) is 9.98 Å². The van der Waals surface area contributed by atoms with Crippen molar-refractivity contribution in [2.75, 3.05) is 7.11 Å². The van der Waals surface area contributed by atoms with Crippen molar-refractivity contribution >= 4 is 11.8 Å². The summed E-state index contributed by atoms with van der Waals surface area (Å²) in [4.78, 5) is 17.6. The van der Waals surface area contributed by atoms with Crippen molar-refractivity contribution in [3.05, 3.63) is 42.7 Å². The predicted octanol–water partition coefficient (Wildman–Crippen LogP) is 2.85. The second kappa shape index (κ2) is 5.61. The highest BCUT2D eigenvalue weighted by Crippen LogP contribution is 2.34. The van der Waals surface area contributed by atoms with E-state index in [4.69, 9.17) is 9.47 Å². The SMILES string of the molecule is COc1cc(N=C=O)ccc1Oc1cccnc1. The van der Waals surface area contributed by atoms with Gasteiger partial charge in [0.25, 0.3) is 0 Å². The molecule has 0 spiro atoms. The average Bonchev–Trinajstić information content (AvgIpc) is 2.42. The molecule has 0 amide bonds. The van der Waals surface area contributed by atoms with Crippen LogP contribution in [0.15, 0.2) is 47.7 Å². The summed E-state index contributed by atoms with van der Waals surface area (Å²) in [5.41, 5.74) is 0.459. The second-order valence-electron chi connectivity index (χ2n) is 3.33. The molecule has 0 N–H and O–H groups in total. The van der Waals surface area contributed by atoms with E-state index in [-0.39, 0.29) is 0 Å². The van der Waals surface area contributed by atoms with E-state index in [0.29, 0.717) is 22.9 Å². The number of nitrogens with zero attached hydrogens (tertiary/aromatic N) is 2. The Balaban J connectivity index is 2.30. The lowest BCUT2D eigenvalue weighted by atomic mass is 10.3. The summed E-state index contributed by atoms with van der Waals surface area (Å²) in [6.45, 7) is 0. The summed E-state index contributed by atoms with van der Waals surface area (Å²) in [6, 6.07) is 8.45. The van der Waals surface area contributed by atoms with Gasteiger partial charge in [0.2, 0.25) is 6.08 Å². The molecule has 1 aromatic heterocycles. The molecule has 0 aliphatic rings. The molecule has 0 fully saturated rings. The minimum atomic E-state index is 0.459. The van der Waals surface area contributed by atoms with E-state index in [9.17, 15) is 4.79 Å². The first-order chi connectivity index (χ1) is 8.83. The van der Waals surface area contributed by atoms with Crippen LogP contribution in [0.1, 0.15) is 0 Å². The Bertz CT molecular complexity index is 578. The molecule has 18 heavy (non-hydrogen) atoms. The molecule has 0 bridgehead atoms. The van der Waals surface area contributed by atoms with Gasteiger partial charge in [0, 0.05) is 12.3 Å². The summed E-state index contributed by atoms with van der Waals surface area (Å²) in [5.74, 6) is 1.60. The van der Waals surface area contributed by atoms with Gasteiger partial charge in [0.1, 0.15) is 5.75 Å². The smallest absolute Gasteiger partial charge is 0.240 e. The Labute approximate surface area is 104 Å². The van der Waals surface area contributed by atoms with Gasteiger partial charge in [-0.3, -0.25) is 4.98 Å². The van der Waals surface area contributed by atoms with Crippen LogP contribution in [0.5, 0.6) is 17.2 Å². The molecule has 5 nitrogen and oxygen atoms in total. The Morgan fingerprint density at radius 3 is 2.83 bits per heavy atom. The third kappa shape index (κ3) is 2.72. The fraction of sp³-hybridized carbons (Fsp3) is 0.0769. The van der Waals surface area contributed by atoms with Gasteiger partial charge < -0.3 is 9.47 Å². The number of hydrogen-bond acceptors (Lipinski definition) is 5. The molecule has 5 heteroatoms. The summed E-state index contributed by atoms with van der Waals surface area (Å²) in [6.07, 6.45) is 4.73. The Morgan fingerprint density at radius 2 is 2.17 bits per heavy atom. The number of ether oxygens (including phenoxy) is 2. The molecule has 1 aromatic carbocycles. The standard InChI is InChI=1S/C13H10N2O3/c1-17-13-7-10(15-9-16)4-5-12(13)18-11-3-2-6-14-8-11/h2-8H,1H3. The van der Waals surface area contributed by atoms with Crippen LogP contribution >= 0.6 is 0 Å². The molecule has 0 saturated carbocycles. The molecule has 0 unspecified atom stereocenters. The summed E-state index contributed by atoms with van der Waals surface area (Å²) >= 11 is 0. The first kappa shape index (κ1) is 11.8. The van der Waals surface area contributed by atoms with Crippen LogP contribution in [-0.2, 0) is 4.79 Å². The fourth-order valence-corrected chi connectivity index (χ4v) is 1.40. The number of aromatic nitrogens is 1. The summed E-state index contributed by atoms with van der Waals surface area (Å²) in [5, 5.41) is 0. The van der Waals surface area contributed by atoms with Crippen LogP contribution in [0.4, 0.5) is 5.69 Å². The van der Waals surface area contributed by atoms with E-state index in [1.54, 1.807) is 42.7 Å². The summed E-state index contributed by atoms with van der Waals surface area (Å²) < 4.78 is 10.8. The number of isocyanates is 1. The van der Waals surface area contributed by atoms with Gasteiger partial charge in [-0.25, -0.2) is 4.79 Å². The number of carbonyl (C=O) groups excluding carboxylic acids is 1. The topological polar surface area (TPSA) is 60.8 Å². The zero-order chi connectivity index (χ0) is 12.8. The third-order valence-electron chi connectivity index (χ3n) is 2.18. The number of benzene rings is 1. The van der Waals surface area contributed by atoms with Gasteiger partial charge in [0.05, 0.1) is 19.0 Å². The van der Waals surface area contributed by atoms with E-state index in [1.807, 2.05) is 0 Å². The van der Waals surface area contributed by atoms with Gasteiger partial charge in [0.15, 0.2) is 11.5 Å². The number of rotatable bonds is 4. The zero-order valence-corrected chi connectivity index (χ0v) is 9.66. The Hall–Kier alpha value is -2.65. The van der Waals surface area contributed by atoms with Crippen molar-refractivity contribution in [3.63, 3.8) is 0 Å². The summed E-state index contributed by atoms with van der Waals surface area (Å²) in [7, 11) is 1.51. The first-order valence-corrected chi connectivity index (χ1v) is 5.17. The molecule has 0 atom stereocenters. The second-order valence-corrected chi connectivity index (χ2v) is 3.33. The molecular formula is C13H10N2O3. The zero-order valence-electron chi connectivity index (χ0n) is 9.66. The molecule has 0 saturated heterocycles. The predicted molar refractivity (Wildman–Crippen MR) is 65.1 cm³/mol. The van der Waals surface area contributed by atoms with Gasteiger partial charge in [-0.15, -0.1) is 0 Å². The number of aliphatic imine (C=N–C) groups is 1. The number of hydrogen-bond donors (Lipinski definition) is 0. The van der Waals surface area contributed by atoms with E-state index >= 15 is 0 Å². The highest BCUT2D eigenvalue weighted by molar-refractivity contribution is 5.56. The molecule has 0 aliphatic carbocycles. The van der Waals surface area contributed by atoms with E-state index in [1.165, 1.54) is 13.2 Å². The highest BCUT2D eigenvalue weighted by atomic mass is 16.5.